The van der Waals surface area contributed by atoms with Gasteiger partial charge in [0.05, 0.1) is 6.10 Å². The molecule has 96 valence electrons. The van der Waals surface area contributed by atoms with Crippen LogP contribution in [-0.2, 0) is 4.79 Å². The van der Waals surface area contributed by atoms with Crippen molar-refractivity contribution in [2.45, 2.75) is 25.9 Å². The van der Waals surface area contributed by atoms with E-state index in [9.17, 15) is 9.90 Å². The molecule has 0 radical (unpaired) electrons. The molecule has 0 spiro atoms. The summed E-state index contributed by atoms with van der Waals surface area (Å²) in [6, 6.07) is 0. The Morgan fingerprint density at radius 1 is 1.17 bits per heavy atom. The van der Waals surface area contributed by atoms with E-state index in [4.69, 9.17) is 0 Å². The van der Waals surface area contributed by atoms with Gasteiger partial charge in [0, 0.05) is 5.92 Å². The van der Waals surface area contributed by atoms with E-state index in [1.807, 2.05) is 0 Å². The predicted molar refractivity (Wildman–Crippen MR) is 68.6 cm³/mol. The van der Waals surface area contributed by atoms with Gasteiger partial charge in [-0.15, -0.1) is 0 Å². The Kier molecular flexibility index (Phi) is 2.18. The molecule has 2 fully saturated rings. The molecule has 4 aliphatic carbocycles. The zero-order valence-electron chi connectivity index (χ0n) is 10.7. The maximum Gasteiger partial charge on any atom is 0.158 e. The number of aliphatic hydroxyl groups is 1. The summed E-state index contributed by atoms with van der Waals surface area (Å²) in [5.41, 5.74) is 0. The topological polar surface area (TPSA) is 37.3 Å². The van der Waals surface area contributed by atoms with Crippen molar-refractivity contribution in [2.75, 3.05) is 0 Å². The molecule has 18 heavy (non-hydrogen) atoms. The molecule has 2 bridgehead atoms. The van der Waals surface area contributed by atoms with Gasteiger partial charge in [-0.3, -0.25) is 4.79 Å². The number of hydrogen-bond donors (Lipinski definition) is 1. The maximum atomic E-state index is 12.1. The molecule has 0 aromatic carbocycles. The first kappa shape index (κ1) is 11.0. The first-order valence-corrected chi connectivity index (χ1v) is 7.25. The van der Waals surface area contributed by atoms with Crippen molar-refractivity contribution in [1.82, 2.24) is 0 Å². The number of fused-ring (bicyclic) bond motifs is 8. The third-order valence-electron chi connectivity index (χ3n) is 6.16. The van der Waals surface area contributed by atoms with Gasteiger partial charge in [-0.2, -0.15) is 0 Å². The molecule has 4 rings (SSSR count). The minimum absolute atomic E-state index is 0.0911. The average molecular weight is 244 g/mol. The molecule has 4 aliphatic rings. The van der Waals surface area contributed by atoms with Gasteiger partial charge >= 0.3 is 0 Å². The van der Waals surface area contributed by atoms with E-state index in [2.05, 4.69) is 19.1 Å². The number of aliphatic hydroxyl groups excluding tert-OH is 1. The Hall–Kier alpha value is -0.890. The SMILES string of the molecule is C[C@H]1C(=O)C=C[C@H](O)[C@@H]2[C@@H]3C[C@H]([C@@H]4C=CC[C@@H]43)[C@@H]21. The van der Waals surface area contributed by atoms with Crippen molar-refractivity contribution in [3.63, 3.8) is 0 Å². The van der Waals surface area contributed by atoms with Crippen molar-refractivity contribution in [3.05, 3.63) is 24.3 Å². The van der Waals surface area contributed by atoms with E-state index < -0.39 is 6.10 Å². The van der Waals surface area contributed by atoms with Gasteiger partial charge in [0.25, 0.3) is 0 Å². The largest absolute Gasteiger partial charge is 0.389 e. The Morgan fingerprint density at radius 3 is 2.83 bits per heavy atom. The molecule has 2 heteroatoms. The van der Waals surface area contributed by atoms with Crippen molar-refractivity contribution >= 4 is 5.78 Å². The minimum atomic E-state index is -0.402. The number of ketones is 1. The Bertz CT molecular complexity index is 450. The summed E-state index contributed by atoms with van der Waals surface area (Å²) in [4.78, 5) is 12.1. The second-order valence-corrected chi connectivity index (χ2v) is 6.66. The lowest BCUT2D eigenvalue weighted by atomic mass is 9.64. The highest BCUT2D eigenvalue weighted by molar-refractivity contribution is 5.92. The van der Waals surface area contributed by atoms with Gasteiger partial charge in [-0.1, -0.05) is 25.2 Å². The first-order valence-electron chi connectivity index (χ1n) is 7.25. The third-order valence-corrected chi connectivity index (χ3v) is 6.16. The molecule has 0 aliphatic heterocycles. The van der Waals surface area contributed by atoms with Gasteiger partial charge in [-0.05, 0) is 54.4 Å². The lowest BCUT2D eigenvalue weighted by Crippen LogP contribution is -2.41. The molecule has 2 nitrogen and oxygen atoms in total. The maximum absolute atomic E-state index is 12.1. The van der Waals surface area contributed by atoms with Gasteiger partial charge in [-0.25, -0.2) is 0 Å². The summed E-state index contributed by atoms with van der Waals surface area (Å²) in [6.07, 6.45) is 10.1. The van der Waals surface area contributed by atoms with E-state index in [1.54, 1.807) is 12.2 Å². The van der Waals surface area contributed by atoms with Crippen LogP contribution in [0.4, 0.5) is 0 Å². The average Bonchev–Trinajstić information content (AvgIpc) is 3.01. The molecule has 8 atom stereocenters. The summed E-state index contributed by atoms with van der Waals surface area (Å²) in [5, 5.41) is 10.4. The van der Waals surface area contributed by atoms with Crippen LogP contribution in [0.25, 0.3) is 0 Å². The second kappa shape index (κ2) is 3.57. The minimum Gasteiger partial charge on any atom is -0.389 e. The van der Waals surface area contributed by atoms with E-state index >= 15 is 0 Å². The number of rotatable bonds is 0. The normalized spacial score (nSPS) is 56.7. The van der Waals surface area contributed by atoms with Gasteiger partial charge in [0.2, 0.25) is 0 Å². The highest BCUT2D eigenvalue weighted by atomic mass is 16.3. The van der Waals surface area contributed by atoms with Gasteiger partial charge in [0.15, 0.2) is 5.78 Å². The lowest BCUT2D eigenvalue weighted by Gasteiger charge is -2.41. The zero-order chi connectivity index (χ0) is 12.4. The summed E-state index contributed by atoms with van der Waals surface area (Å²) in [6.45, 7) is 2.07. The van der Waals surface area contributed by atoms with Crippen molar-refractivity contribution in [2.24, 2.45) is 41.4 Å². The van der Waals surface area contributed by atoms with E-state index in [0.717, 1.165) is 5.92 Å². The van der Waals surface area contributed by atoms with Crippen LogP contribution in [0.15, 0.2) is 24.3 Å². The number of carbonyl (C=O) groups is 1. The molecule has 2 saturated carbocycles. The Labute approximate surface area is 108 Å². The van der Waals surface area contributed by atoms with E-state index in [-0.39, 0.29) is 11.7 Å². The molecule has 1 N–H and O–H groups in total. The molecule has 0 heterocycles. The fourth-order valence-electron chi connectivity index (χ4n) is 5.53. The van der Waals surface area contributed by atoms with Crippen molar-refractivity contribution in [1.29, 1.82) is 0 Å². The number of hydrogen-bond acceptors (Lipinski definition) is 2. The van der Waals surface area contributed by atoms with Crippen LogP contribution in [0, 0.1) is 41.4 Å². The molecule has 0 aromatic heterocycles. The summed E-state index contributed by atoms with van der Waals surface area (Å²) < 4.78 is 0. The molecule has 0 aromatic rings. The van der Waals surface area contributed by atoms with Crippen LogP contribution in [-0.4, -0.2) is 17.0 Å². The fraction of sp³-hybridized carbons (Fsp3) is 0.688. The highest BCUT2D eigenvalue weighted by Crippen LogP contribution is 2.64. The monoisotopic (exact) mass is 244 g/mol. The van der Waals surface area contributed by atoms with Crippen LogP contribution >= 0.6 is 0 Å². The molecular weight excluding hydrogens is 224 g/mol. The molecule has 0 saturated heterocycles. The van der Waals surface area contributed by atoms with Crippen LogP contribution in [0.1, 0.15) is 19.8 Å². The lowest BCUT2D eigenvalue weighted by molar-refractivity contribution is -0.121. The highest BCUT2D eigenvalue weighted by Gasteiger charge is 2.61. The second-order valence-electron chi connectivity index (χ2n) is 6.66. The number of carbonyl (C=O) groups excluding carboxylic acids is 1. The number of allylic oxidation sites excluding steroid dienone is 3. The van der Waals surface area contributed by atoms with Crippen molar-refractivity contribution in [3.8, 4) is 0 Å². The third kappa shape index (κ3) is 1.20. The quantitative estimate of drug-likeness (QED) is 0.663. The van der Waals surface area contributed by atoms with Gasteiger partial charge < -0.3 is 5.11 Å². The standard InChI is InChI=1S/C16H20O2/c1-8-13(17)5-6-14(18)16-12-7-11(15(8)16)9-3-2-4-10(9)12/h2-3,5-6,8-12,14-16,18H,4,7H2,1H3/t8-,9+,10-,11+,12+,14-,15-,16-/m0/s1. The summed E-state index contributed by atoms with van der Waals surface area (Å²) in [7, 11) is 0. The van der Waals surface area contributed by atoms with E-state index in [0.29, 0.717) is 29.6 Å². The zero-order valence-corrected chi connectivity index (χ0v) is 10.7. The van der Waals surface area contributed by atoms with Crippen LogP contribution in [0.2, 0.25) is 0 Å². The van der Waals surface area contributed by atoms with E-state index in [1.165, 1.54) is 12.8 Å². The Balaban J connectivity index is 1.76. The molecule has 0 unspecified atom stereocenters. The smallest absolute Gasteiger partial charge is 0.158 e. The fourth-order valence-corrected chi connectivity index (χ4v) is 5.53. The Morgan fingerprint density at radius 2 is 2.00 bits per heavy atom. The summed E-state index contributed by atoms with van der Waals surface area (Å²) in [5.74, 6) is 3.74. The summed E-state index contributed by atoms with van der Waals surface area (Å²) >= 11 is 0. The molecular formula is C16H20O2. The van der Waals surface area contributed by atoms with Crippen LogP contribution < -0.4 is 0 Å². The van der Waals surface area contributed by atoms with Crippen LogP contribution in [0.3, 0.4) is 0 Å². The van der Waals surface area contributed by atoms with Gasteiger partial charge in [0.1, 0.15) is 0 Å². The first-order chi connectivity index (χ1) is 8.68. The predicted octanol–water partition coefficient (Wildman–Crippen LogP) is 2.20. The molecule has 0 amide bonds. The van der Waals surface area contributed by atoms with Crippen molar-refractivity contribution < 1.29 is 9.90 Å². The van der Waals surface area contributed by atoms with Crippen LogP contribution in [0.5, 0.6) is 0 Å².